The van der Waals surface area contributed by atoms with Crippen LogP contribution in [-0.2, 0) is 0 Å². The third-order valence-corrected chi connectivity index (χ3v) is 5.13. The molecule has 6 heteroatoms. The molecular formula is C23H17BrN2O3. The Bertz CT molecular complexity index is 1260. The van der Waals surface area contributed by atoms with Gasteiger partial charge in [-0.3, -0.25) is 9.79 Å². The molecule has 144 valence electrons. The molecule has 0 saturated carbocycles. The summed E-state index contributed by atoms with van der Waals surface area (Å²) < 4.78 is 7.42. The number of aliphatic imine (C=N–C) groups is 1. The van der Waals surface area contributed by atoms with Crippen molar-refractivity contribution in [1.29, 1.82) is 0 Å². The highest BCUT2D eigenvalue weighted by Gasteiger charge is 2.16. The maximum absolute atomic E-state index is 13.1. The third-order valence-electron chi connectivity index (χ3n) is 4.60. The van der Waals surface area contributed by atoms with E-state index >= 15 is 0 Å². The van der Waals surface area contributed by atoms with E-state index in [1.807, 2.05) is 30.3 Å². The Morgan fingerprint density at radius 1 is 0.966 bits per heavy atom. The highest BCUT2D eigenvalue weighted by molar-refractivity contribution is 9.10. The summed E-state index contributed by atoms with van der Waals surface area (Å²) in [6.45, 7) is 0. The van der Waals surface area contributed by atoms with Crippen LogP contribution >= 0.6 is 15.9 Å². The third kappa shape index (κ3) is 3.67. The lowest BCUT2D eigenvalue weighted by atomic mass is 10.1. The second-order valence-corrected chi connectivity index (χ2v) is 7.27. The zero-order valence-electron chi connectivity index (χ0n) is 15.5. The van der Waals surface area contributed by atoms with E-state index in [1.165, 1.54) is 4.57 Å². The van der Waals surface area contributed by atoms with Gasteiger partial charge in [0.2, 0.25) is 5.88 Å². The van der Waals surface area contributed by atoms with E-state index in [0.29, 0.717) is 27.8 Å². The van der Waals surface area contributed by atoms with Gasteiger partial charge in [-0.2, -0.15) is 0 Å². The van der Waals surface area contributed by atoms with Gasteiger partial charge < -0.3 is 9.84 Å². The van der Waals surface area contributed by atoms with Crippen molar-refractivity contribution in [2.45, 2.75) is 0 Å². The Hall–Kier alpha value is -3.38. The molecule has 5 nitrogen and oxygen atoms in total. The van der Waals surface area contributed by atoms with Crippen LogP contribution in [0.2, 0.25) is 0 Å². The molecule has 0 unspecified atom stereocenters. The van der Waals surface area contributed by atoms with Crippen molar-refractivity contribution in [1.82, 2.24) is 4.57 Å². The van der Waals surface area contributed by atoms with Crippen molar-refractivity contribution in [2.24, 2.45) is 4.99 Å². The van der Waals surface area contributed by atoms with Crippen LogP contribution in [0.4, 0.5) is 5.69 Å². The van der Waals surface area contributed by atoms with Crippen molar-refractivity contribution < 1.29 is 9.84 Å². The van der Waals surface area contributed by atoms with Crippen LogP contribution in [0.15, 0.2) is 87.1 Å². The zero-order chi connectivity index (χ0) is 20.4. The van der Waals surface area contributed by atoms with E-state index in [4.69, 9.17) is 4.74 Å². The molecule has 1 heterocycles. The number of ether oxygens (including phenoxy) is 1. The SMILES string of the molecule is COc1ccc(-n2c(O)c(C=Nc3ccc(Br)cc3)c3ccccc3c2=O)cc1. The number of hydrogen-bond acceptors (Lipinski definition) is 4. The number of benzene rings is 3. The summed E-state index contributed by atoms with van der Waals surface area (Å²) in [5.41, 5.74) is 1.44. The first kappa shape index (κ1) is 19.0. The molecule has 1 aromatic heterocycles. The van der Waals surface area contributed by atoms with Gasteiger partial charge >= 0.3 is 0 Å². The van der Waals surface area contributed by atoms with Crippen molar-refractivity contribution in [3.63, 3.8) is 0 Å². The monoisotopic (exact) mass is 448 g/mol. The minimum absolute atomic E-state index is 0.167. The molecule has 0 fully saturated rings. The first-order valence-corrected chi connectivity index (χ1v) is 9.68. The van der Waals surface area contributed by atoms with Crippen molar-refractivity contribution in [3.8, 4) is 17.3 Å². The predicted molar refractivity (Wildman–Crippen MR) is 119 cm³/mol. The van der Waals surface area contributed by atoms with Crippen LogP contribution < -0.4 is 10.3 Å². The van der Waals surface area contributed by atoms with E-state index < -0.39 is 0 Å². The first-order valence-electron chi connectivity index (χ1n) is 8.89. The molecule has 0 aliphatic heterocycles. The van der Waals surface area contributed by atoms with Crippen molar-refractivity contribution >= 4 is 38.6 Å². The molecule has 29 heavy (non-hydrogen) atoms. The number of fused-ring (bicyclic) bond motifs is 1. The Kier molecular flexibility index (Phi) is 5.18. The van der Waals surface area contributed by atoms with Gasteiger partial charge in [0.1, 0.15) is 5.75 Å². The molecule has 4 aromatic rings. The maximum Gasteiger partial charge on any atom is 0.265 e. The average Bonchev–Trinajstić information content (AvgIpc) is 2.75. The molecule has 0 bridgehead atoms. The largest absolute Gasteiger partial charge is 0.497 e. The van der Waals surface area contributed by atoms with Crippen LogP contribution in [0.1, 0.15) is 5.56 Å². The molecule has 0 aliphatic rings. The van der Waals surface area contributed by atoms with Crippen LogP contribution in [-0.4, -0.2) is 23.0 Å². The molecule has 1 N–H and O–H groups in total. The van der Waals surface area contributed by atoms with Crippen LogP contribution in [0.3, 0.4) is 0 Å². The Morgan fingerprint density at radius 3 is 2.28 bits per heavy atom. The fraction of sp³-hybridized carbons (Fsp3) is 0.0435. The van der Waals surface area contributed by atoms with Gasteiger partial charge in [0.25, 0.3) is 5.56 Å². The number of nitrogens with zero attached hydrogens (tertiary/aromatic N) is 2. The number of aromatic nitrogens is 1. The molecule has 0 spiro atoms. The standard InChI is InChI=1S/C23H17BrN2O3/c1-29-18-12-10-17(11-13-18)26-22(27)20-5-3-2-4-19(20)21(23(26)28)14-25-16-8-6-15(24)7-9-16/h2-14,28H,1H3. The van der Waals surface area contributed by atoms with Gasteiger partial charge in [-0.1, -0.05) is 34.1 Å². The van der Waals surface area contributed by atoms with Crippen molar-refractivity contribution in [3.05, 3.63) is 93.2 Å². The van der Waals surface area contributed by atoms with Crippen LogP contribution in [0.25, 0.3) is 16.5 Å². The predicted octanol–water partition coefficient (Wildman–Crippen LogP) is 5.22. The molecule has 0 atom stereocenters. The fourth-order valence-electron chi connectivity index (χ4n) is 3.13. The Balaban J connectivity index is 1.93. The number of hydrogen-bond donors (Lipinski definition) is 1. The molecule has 4 rings (SSSR count). The Morgan fingerprint density at radius 2 is 1.62 bits per heavy atom. The van der Waals surface area contributed by atoms with E-state index in [9.17, 15) is 9.90 Å². The van der Waals surface area contributed by atoms with Gasteiger partial charge in [-0.25, -0.2) is 4.57 Å². The Labute approximate surface area is 175 Å². The van der Waals surface area contributed by atoms with Gasteiger partial charge in [0, 0.05) is 21.5 Å². The molecule has 0 amide bonds. The van der Waals surface area contributed by atoms with E-state index in [2.05, 4.69) is 20.9 Å². The van der Waals surface area contributed by atoms with Gasteiger partial charge in [0.15, 0.2) is 0 Å². The lowest BCUT2D eigenvalue weighted by Crippen LogP contribution is -2.20. The normalized spacial score (nSPS) is 11.2. The second-order valence-electron chi connectivity index (χ2n) is 6.36. The topological polar surface area (TPSA) is 63.8 Å². The summed E-state index contributed by atoms with van der Waals surface area (Å²) >= 11 is 3.40. The summed E-state index contributed by atoms with van der Waals surface area (Å²) in [6.07, 6.45) is 1.58. The number of methoxy groups -OCH3 is 1. The summed E-state index contributed by atoms with van der Waals surface area (Å²) in [7, 11) is 1.57. The van der Waals surface area contributed by atoms with Gasteiger partial charge in [-0.15, -0.1) is 0 Å². The van der Waals surface area contributed by atoms with E-state index in [-0.39, 0.29) is 11.4 Å². The number of aromatic hydroxyl groups is 1. The number of pyridine rings is 1. The van der Waals surface area contributed by atoms with Crippen molar-refractivity contribution in [2.75, 3.05) is 7.11 Å². The van der Waals surface area contributed by atoms with Gasteiger partial charge in [-0.05, 0) is 54.6 Å². The molecule has 3 aromatic carbocycles. The van der Waals surface area contributed by atoms with Crippen LogP contribution in [0.5, 0.6) is 11.6 Å². The quantitative estimate of drug-likeness (QED) is 0.435. The minimum Gasteiger partial charge on any atom is -0.497 e. The highest BCUT2D eigenvalue weighted by atomic mass is 79.9. The molecule has 0 aliphatic carbocycles. The van der Waals surface area contributed by atoms with Crippen LogP contribution in [0, 0.1) is 0 Å². The zero-order valence-corrected chi connectivity index (χ0v) is 17.1. The summed E-state index contributed by atoms with van der Waals surface area (Å²) in [5, 5.41) is 12.1. The molecule has 0 saturated heterocycles. The second kappa shape index (κ2) is 7.93. The summed E-state index contributed by atoms with van der Waals surface area (Å²) in [4.78, 5) is 17.6. The summed E-state index contributed by atoms with van der Waals surface area (Å²) in [6, 6.07) is 21.6. The minimum atomic E-state index is -0.302. The molecule has 0 radical (unpaired) electrons. The lowest BCUT2D eigenvalue weighted by molar-refractivity contribution is 0.414. The highest BCUT2D eigenvalue weighted by Crippen LogP contribution is 2.27. The fourth-order valence-corrected chi connectivity index (χ4v) is 3.39. The van der Waals surface area contributed by atoms with E-state index in [1.54, 1.807) is 55.8 Å². The van der Waals surface area contributed by atoms with Gasteiger partial charge in [0.05, 0.1) is 24.0 Å². The summed E-state index contributed by atoms with van der Waals surface area (Å²) in [5.74, 6) is 0.499. The first-order chi connectivity index (χ1) is 14.1. The molecular weight excluding hydrogens is 432 g/mol. The maximum atomic E-state index is 13.1. The van der Waals surface area contributed by atoms with E-state index in [0.717, 1.165) is 10.2 Å². The smallest absolute Gasteiger partial charge is 0.265 e. The number of halogens is 1. The lowest BCUT2D eigenvalue weighted by Gasteiger charge is -2.14. The average molecular weight is 449 g/mol. The number of rotatable bonds is 4.